The molecule has 100 valence electrons. The maximum atomic E-state index is 13.3. The first-order valence-corrected chi connectivity index (χ1v) is 7.60. The van der Waals surface area contributed by atoms with Crippen LogP contribution in [0, 0.1) is 15.3 Å². The van der Waals surface area contributed by atoms with E-state index >= 15 is 0 Å². The summed E-state index contributed by atoms with van der Waals surface area (Å²) >= 11 is 1.98. The van der Waals surface area contributed by atoms with Gasteiger partial charge in [0.25, 0.3) is 0 Å². The predicted octanol–water partition coefficient (Wildman–Crippen LogP) is 3.78. The van der Waals surface area contributed by atoms with Gasteiger partial charge in [0.2, 0.25) is 0 Å². The minimum absolute atomic E-state index is 0.217. The summed E-state index contributed by atoms with van der Waals surface area (Å²) in [6, 6.07) is 4.97. The first-order valence-electron chi connectivity index (χ1n) is 6.52. The summed E-state index contributed by atoms with van der Waals surface area (Å²) in [5.74, 6) is 0.458. The summed E-state index contributed by atoms with van der Waals surface area (Å²) in [4.78, 5) is 0. The number of rotatable bonds is 5. The largest absolute Gasteiger partial charge is 0.391 e. The second-order valence-corrected chi connectivity index (χ2v) is 6.10. The van der Waals surface area contributed by atoms with Crippen molar-refractivity contribution in [2.75, 3.05) is 11.9 Å². The highest BCUT2D eigenvalue weighted by Gasteiger charge is 2.18. The lowest BCUT2D eigenvalue weighted by molar-refractivity contribution is 0.155. The molecule has 4 heteroatoms. The maximum Gasteiger partial charge on any atom is 0.138 e. The molecule has 1 aromatic rings. The van der Waals surface area contributed by atoms with Crippen LogP contribution in [0.5, 0.6) is 0 Å². The van der Waals surface area contributed by atoms with E-state index in [4.69, 9.17) is 0 Å². The van der Waals surface area contributed by atoms with Crippen molar-refractivity contribution >= 4 is 28.3 Å². The van der Waals surface area contributed by atoms with Gasteiger partial charge in [-0.2, -0.15) is 0 Å². The van der Waals surface area contributed by atoms with Crippen molar-refractivity contribution in [2.24, 2.45) is 5.92 Å². The molecule has 2 rings (SSSR count). The van der Waals surface area contributed by atoms with Crippen LogP contribution in [-0.2, 0) is 0 Å². The Kier molecular flexibility index (Phi) is 5.24. The third-order valence-electron chi connectivity index (χ3n) is 3.56. The van der Waals surface area contributed by atoms with E-state index in [1.54, 1.807) is 6.07 Å². The molecule has 1 unspecified atom stereocenters. The van der Waals surface area contributed by atoms with Crippen LogP contribution < -0.4 is 5.32 Å². The van der Waals surface area contributed by atoms with Crippen LogP contribution in [0.15, 0.2) is 18.2 Å². The smallest absolute Gasteiger partial charge is 0.138 e. The number of aliphatic hydroxyl groups is 1. The number of benzene rings is 1. The third kappa shape index (κ3) is 3.82. The minimum atomic E-state index is -0.341. The summed E-state index contributed by atoms with van der Waals surface area (Å²) in [5.41, 5.74) is 0.765. The third-order valence-corrected chi connectivity index (χ3v) is 4.66. The Hall–Kier alpha value is -0.360. The van der Waals surface area contributed by atoms with Crippen molar-refractivity contribution in [3.05, 3.63) is 27.6 Å². The van der Waals surface area contributed by atoms with Crippen molar-refractivity contribution in [2.45, 2.75) is 38.2 Å². The molecule has 0 heterocycles. The van der Waals surface area contributed by atoms with Crippen LogP contribution >= 0.6 is 22.6 Å². The first kappa shape index (κ1) is 14.1. The Balaban J connectivity index is 1.81. The molecule has 1 saturated carbocycles. The number of aliphatic hydroxyl groups excluding tert-OH is 1. The van der Waals surface area contributed by atoms with E-state index < -0.39 is 0 Å². The molecule has 1 atom stereocenters. The summed E-state index contributed by atoms with van der Waals surface area (Å²) in [7, 11) is 0. The number of hydrogen-bond donors (Lipinski definition) is 2. The predicted molar refractivity (Wildman–Crippen MR) is 80.2 cm³/mol. The lowest BCUT2D eigenvalue weighted by Crippen LogP contribution is -2.22. The van der Waals surface area contributed by atoms with E-state index in [-0.39, 0.29) is 11.9 Å². The van der Waals surface area contributed by atoms with Crippen molar-refractivity contribution in [1.82, 2.24) is 0 Å². The van der Waals surface area contributed by atoms with E-state index in [9.17, 15) is 9.50 Å². The molecule has 0 aliphatic heterocycles. The monoisotopic (exact) mass is 363 g/mol. The normalized spacial score (nSPS) is 17.9. The van der Waals surface area contributed by atoms with Crippen LogP contribution in [0.1, 0.15) is 32.1 Å². The number of nitrogens with one attached hydrogen (secondary N) is 1. The van der Waals surface area contributed by atoms with Gasteiger partial charge in [-0.3, -0.25) is 0 Å². The summed E-state index contributed by atoms with van der Waals surface area (Å²) in [5, 5.41) is 13.1. The van der Waals surface area contributed by atoms with Gasteiger partial charge in [0.1, 0.15) is 5.82 Å². The SMILES string of the molecule is OC(CNc1cccc(F)c1I)CC1CCCC1. The van der Waals surface area contributed by atoms with Crippen LogP contribution in [0.25, 0.3) is 0 Å². The average Bonchev–Trinajstić information content (AvgIpc) is 2.84. The highest BCUT2D eigenvalue weighted by molar-refractivity contribution is 14.1. The lowest BCUT2D eigenvalue weighted by Gasteiger charge is -2.17. The summed E-state index contributed by atoms with van der Waals surface area (Å²) < 4.78 is 13.9. The van der Waals surface area contributed by atoms with Gasteiger partial charge in [0.05, 0.1) is 15.4 Å². The van der Waals surface area contributed by atoms with Gasteiger partial charge in [0, 0.05) is 6.54 Å². The van der Waals surface area contributed by atoms with Gasteiger partial charge < -0.3 is 10.4 Å². The van der Waals surface area contributed by atoms with Crippen LogP contribution in [0.2, 0.25) is 0 Å². The van der Waals surface area contributed by atoms with E-state index in [0.717, 1.165) is 12.1 Å². The van der Waals surface area contributed by atoms with Gasteiger partial charge >= 0.3 is 0 Å². The molecule has 1 aliphatic carbocycles. The molecular weight excluding hydrogens is 344 g/mol. The Morgan fingerprint density at radius 2 is 2.11 bits per heavy atom. The zero-order valence-electron chi connectivity index (χ0n) is 10.3. The van der Waals surface area contributed by atoms with Gasteiger partial charge in [-0.25, -0.2) is 4.39 Å². The van der Waals surface area contributed by atoms with Crippen LogP contribution in [0.3, 0.4) is 0 Å². The molecule has 0 bridgehead atoms. The van der Waals surface area contributed by atoms with Crippen molar-refractivity contribution in [3.8, 4) is 0 Å². The minimum Gasteiger partial charge on any atom is -0.391 e. The van der Waals surface area contributed by atoms with Gasteiger partial charge in [0.15, 0.2) is 0 Å². The zero-order chi connectivity index (χ0) is 13.0. The van der Waals surface area contributed by atoms with E-state index in [1.807, 2.05) is 28.7 Å². The first-order chi connectivity index (χ1) is 8.66. The Morgan fingerprint density at radius 1 is 1.39 bits per heavy atom. The molecule has 0 aromatic heterocycles. The molecule has 1 fully saturated rings. The molecular formula is C14H19FINO. The van der Waals surface area contributed by atoms with Crippen molar-refractivity contribution in [1.29, 1.82) is 0 Å². The number of hydrogen-bond acceptors (Lipinski definition) is 2. The summed E-state index contributed by atoms with van der Waals surface area (Å²) in [6.45, 7) is 0.496. The second kappa shape index (κ2) is 6.70. The van der Waals surface area contributed by atoms with E-state index in [0.29, 0.717) is 16.0 Å². The molecule has 18 heavy (non-hydrogen) atoms. The van der Waals surface area contributed by atoms with Gasteiger partial charge in [-0.1, -0.05) is 31.7 Å². The Labute approximate surface area is 121 Å². The lowest BCUT2D eigenvalue weighted by atomic mass is 10.00. The molecule has 2 N–H and O–H groups in total. The van der Waals surface area contributed by atoms with Crippen molar-refractivity contribution in [3.63, 3.8) is 0 Å². The fourth-order valence-electron chi connectivity index (χ4n) is 2.58. The summed E-state index contributed by atoms with van der Waals surface area (Å²) in [6.07, 6.45) is 5.61. The second-order valence-electron chi connectivity index (χ2n) is 5.02. The number of halogens is 2. The van der Waals surface area contributed by atoms with E-state index in [1.165, 1.54) is 31.7 Å². The molecule has 2 nitrogen and oxygen atoms in total. The standard InChI is InChI=1S/C14H19FINO/c15-12-6-3-7-13(14(12)16)17-9-11(18)8-10-4-1-2-5-10/h3,6-7,10-11,17-18H,1-2,4-5,8-9H2. The van der Waals surface area contributed by atoms with Crippen LogP contribution in [-0.4, -0.2) is 17.8 Å². The molecule has 0 radical (unpaired) electrons. The zero-order valence-corrected chi connectivity index (χ0v) is 12.5. The molecule has 1 aromatic carbocycles. The molecule has 0 amide bonds. The van der Waals surface area contributed by atoms with Crippen LogP contribution in [0.4, 0.5) is 10.1 Å². The van der Waals surface area contributed by atoms with E-state index in [2.05, 4.69) is 5.32 Å². The highest BCUT2D eigenvalue weighted by atomic mass is 127. The maximum absolute atomic E-state index is 13.3. The Morgan fingerprint density at radius 3 is 2.83 bits per heavy atom. The molecule has 0 spiro atoms. The fourth-order valence-corrected chi connectivity index (χ4v) is 3.13. The van der Waals surface area contributed by atoms with Gasteiger partial charge in [-0.05, 0) is 47.1 Å². The topological polar surface area (TPSA) is 32.3 Å². The van der Waals surface area contributed by atoms with Crippen molar-refractivity contribution < 1.29 is 9.50 Å². The quantitative estimate of drug-likeness (QED) is 0.781. The van der Waals surface area contributed by atoms with Gasteiger partial charge in [-0.15, -0.1) is 0 Å². The molecule has 1 aliphatic rings. The molecule has 0 saturated heterocycles. The Bertz CT molecular complexity index is 393. The highest BCUT2D eigenvalue weighted by Crippen LogP contribution is 2.28. The fraction of sp³-hybridized carbons (Fsp3) is 0.571. The average molecular weight is 363 g/mol. The number of anilines is 1.